The molecule has 0 saturated carbocycles. The first-order valence-corrected chi connectivity index (χ1v) is 19.0. The third kappa shape index (κ3) is 5.52. The summed E-state index contributed by atoms with van der Waals surface area (Å²) in [5.41, 5.74) is 3.41. The van der Waals surface area contributed by atoms with Crippen LogP contribution in [-0.2, 0) is 0 Å². The molecule has 286 valence electrons. The van der Waals surface area contributed by atoms with E-state index in [0.717, 1.165) is 44.0 Å². The second-order valence-electron chi connectivity index (χ2n) is 15.4. The molecule has 2 aliphatic rings. The summed E-state index contributed by atoms with van der Waals surface area (Å²) in [7, 11) is 1.25. The van der Waals surface area contributed by atoms with Crippen molar-refractivity contribution in [1.82, 2.24) is 0 Å². The molecule has 1 heterocycles. The van der Waals surface area contributed by atoms with E-state index in [1.54, 1.807) is 12.2 Å². The highest BCUT2D eigenvalue weighted by Crippen LogP contribution is 2.57. The minimum absolute atomic E-state index is 0.164. The third-order valence-corrected chi connectivity index (χ3v) is 15.2. The summed E-state index contributed by atoms with van der Waals surface area (Å²) < 4.78 is 154. The molecule has 0 fully saturated rings. The van der Waals surface area contributed by atoms with Crippen molar-refractivity contribution in [3.8, 4) is 0 Å². The molecule has 0 amide bonds. The highest BCUT2D eigenvalue weighted by Gasteiger charge is 2.65. The molecule has 54 heavy (non-hydrogen) atoms. The summed E-state index contributed by atoms with van der Waals surface area (Å²) in [4.78, 5) is 0. The van der Waals surface area contributed by atoms with Crippen molar-refractivity contribution in [3.05, 3.63) is 139 Å². The summed E-state index contributed by atoms with van der Waals surface area (Å²) >= 11 is 0. The van der Waals surface area contributed by atoms with E-state index in [0.29, 0.717) is 6.16 Å². The summed E-state index contributed by atoms with van der Waals surface area (Å²) in [6.45, 7) is 13.4. The van der Waals surface area contributed by atoms with Crippen molar-refractivity contribution < 1.29 is 48.3 Å². The Morgan fingerprint density at radius 3 is 1.22 bits per heavy atom. The zero-order valence-electron chi connectivity index (χ0n) is 31.3. The Kier molecular flexibility index (Phi) is 10.1. The molecule has 0 N–H and O–H groups in total. The predicted molar refractivity (Wildman–Crippen MR) is 196 cm³/mol. The summed E-state index contributed by atoms with van der Waals surface area (Å²) in [5, 5.41) is 2.16. The van der Waals surface area contributed by atoms with Crippen LogP contribution in [0.3, 0.4) is 0 Å². The van der Waals surface area contributed by atoms with Gasteiger partial charge >= 0.3 is 0 Å². The molecule has 0 radical (unpaired) electrons. The number of hydrogen-bond acceptors (Lipinski definition) is 0. The molecule has 4 aromatic rings. The maximum absolute atomic E-state index is 16.3. The largest absolute Gasteiger partial charge is 0.482 e. The first-order valence-electron chi connectivity index (χ1n) is 17.5. The van der Waals surface area contributed by atoms with Gasteiger partial charge in [-0.15, -0.1) is 0 Å². The van der Waals surface area contributed by atoms with Gasteiger partial charge in [0.15, 0.2) is 34.9 Å². The molecule has 1 aliphatic heterocycles. The first-order chi connectivity index (χ1) is 25.1. The highest BCUT2D eigenvalue weighted by molar-refractivity contribution is 7.73. The van der Waals surface area contributed by atoms with Crippen LogP contribution < -0.4 is 21.5 Å². The molecule has 0 unspecified atom stereocenters. The number of halogens is 10. The number of fused-ring (bicyclic) bond motifs is 1. The predicted octanol–water partition coefficient (Wildman–Crippen LogP) is 9.43. The van der Waals surface area contributed by atoms with Crippen LogP contribution in [-0.4, -0.2) is 30.9 Å². The van der Waals surface area contributed by atoms with Crippen molar-refractivity contribution >= 4 is 35.7 Å². The highest BCUT2D eigenvalue weighted by atomic mass is 31.1. The van der Waals surface area contributed by atoms with Gasteiger partial charge in [0.2, 0.25) is 0 Å². The fourth-order valence-electron chi connectivity index (χ4n) is 9.96. The van der Waals surface area contributed by atoms with E-state index in [2.05, 4.69) is 24.3 Å². The lowest BCUT2D eigenvalue weighted by Crippen LogP contribution is -2.79. The van der Waals surface area contributed by atoms with Gasteiger partial charge in [-0.3, -0.25) is 0 Å². The van der Waals surface area contributed by atoms with Crippen molar-refractivity contribution in [2.24, 2.45) is 5.92 Å². The molecule has 4 aromatic carbocycles. The number of nitrogens with zero attached hydrogens (tertiary/aromatic N) is 1. The lowest BCUT2D eigenvalue weighted by molar-refractivity contribution is -0.743. The summed E-state index contributed by atoms with van der Waals surface area (Å²) in [6.07, 6.45) is -0.383. The Morgan fingerprint density at radius 2 is 0.870 bits per heavy atom. The van der Waals surface area contributed by atoms with Crippen LogP contribution in [0, 0.1) is 106 Å². The average molecular weight is 778 g/mol. The second kappa shape index (κ2) is 13.7. The Labute approximate surface area is 309 Å². The summed E-state index contributed by atoms with van der Waals surface area (Å²) in [6, 6.07) is 8.25. The van der Waals surface area contributed by atoms with Gasteiger partial charge < -0.3 is 4.39 Å². The number of aryl methyl sites for hydroxylation is 6. The average Bonchev–Trinajstić information content (AvgIpc) is 3.58. The lowest BCUT2D eigenvalue weighted by Gasteiger charge is -2.55. The molecule has 0 spiro atoms. The summed E-state index contributed by atoms with van der Waals surface area (Å²) in [5.74, 6) is -26.6. The van der Waals surface area contributed by atoms with Crippen LogP contribution in [0.2, 0.25) is 5.82 Å². The quantitative estimate of drug-likeness (QED) is 0.0577. The van der Waals surface area contributed by atoms with E-state index in [4.69, 9.17) is 0 Å². The van der Waals surface area contributed by atoms with E-state index in [9.17, 15) is 8.78 Å². The Morgan fingerprint density at radius 1 is 0.537 bits per heavy atom. The van der Waals surface area contributed by atoms with Gasteiger partial charge in [0.05, 0.1) is 5.70 Å². The first kappa shape index (κ1) is 39.8. The topological polar surface area (TPSA) is 0 Å². The number of allylic oxidation sites excluding steroid dienone is 4. The van der Waals surface area contributed by atoms with Crippen molar-refractivity contribution in [2.75, 3.05) is 20.3 Å². The maximum atomic E-state index is 16.3. The molecule has 6 rings (SSSR count). The monoisotopic (exact) mass is 777 g/mol. The van der Waals surface area contributed by atoms with Crippen molar-refractivity contribution in [1.29, 1.82) is 0 Å². The smallest absolute Gasteiger partial charge is 0.287 e. The van der Waals surface area contributed by atoms with Gasteiger partial charge in [-0.2, -0.15) is 0 Å². The van der Waals surface area contributed by atoms with Gasteiger partial charge in [0.25, 0.3) is 6.28 Å². The minimum atomic E-state index is -4.16. The molecule has 13 heteroatoms. The molecule has 0 bridgehead atoms. The van der Waals surface area contributed by atoms with E-state index in [1.807, 2.05) is 41.5 Å². The minimum Gasteiger partial charge on any atom is -0.482 e. The standard InChI is InChI=1S/C41H39BF10NP/c1-18-14-20(3)40(21(4)15-18)54(41-22(5)16-19(2)17-23(41)6)13-12-25-10-11-26-24(7)53(8,9)42(27(25)26,28-30(43)34(47)38(51)35(48)31(28)44)29-32(45)36(49)39(52)37(50)33(29)46/h10-11,14-17,25,27H,12-13H2,1-9H3/t25-,27-/m0/s1. The van der Waals surface area contributed by atoms with E-state index >= 15 is 35.1 Å². The van der Waals surface area contributed by atoms with Crippen LogP contribution >= 0.6 is 7.92 Å². The lowest BCUT2D eigenvalue weighted by atomic mass is 9.18. The van der Waals surface area contributed by atoms with Crippen LogP contribution in [0.5, 0.6) is 0 Å². The van der Waals surface area contributed by atoms with Gasteiger partial charge in [-0.1, -0.05) is 64.3 Å². The SMILES string of the molecule is CC1=C2C=C[C@@H](CCP(c3c(C)cc(C)cc3C)c3c(C)cc(C)cc3C)[C@@H]2[B-](c2c(F)c(F)c(F)c(F)c2F)(c2c(F)c(F)c(F)c(F)c2F)[N+]1(C)C. The number of rotatable bonds is 7. The Bertz CT molecular complexity index is 2100. The van der Waals surface area contributed by atoms with Crippen LogP contribution in [0.25, 0.3) is 0 Å². The molecular weight excluding hydrogens is 738 g/mol. The Balaban J connectivity index is 1.65. The van der Waals surface area contributed by atoms with Crippen LogP contribution in [0.1, 0.15) is 46.7 Å². The van der Waals surface area contributed by atoms with Gasteiger partial charge in [0.1, 0.15) is 23.3 Å². The molecule has 0 saturated heterocycles. The van der Waals surface area contributed by atoms with E-state index < -0.39 is 99.4 Å². The fraction of sp³-hybridized carbons (Fsp3) is 0.317. The van der Waals surface area contributed by atoms with E-state index in [1.165, 1.54) is 21.0 Å². The molecule has 0 aromatic heterocycles. The number of hydrogen-bond donors (Lipinski definition) is 0. The molecular formula is C41H39BF10NP. The normalized spacial score (nSPS) is 18.7. The molecule has 2 atom stereocenters. The van der Waals surface area contributed by atoms with Crippen LogP contribution in [0.15, 0.2) is 47.7 Å². The number of quaternary nitrogens is 1. The van der Waals surface area contributed by atoms with Gasteiger partial charge in [0, 0.05) is 21.0 Å². The number of benzene rings is 4. The molecule has 1 nitrogen and oxygen atoms in total. The zero-order chi connectivity index (χ0) is 40.1. The van der Waals surface area contributed by atoms with Crippen LogP contribution in [0.4, 0.5) is 43.9 Å². The van der Waals surface area contributed by atoms with Gasteiger partial charge in [-0.25, -0.2) is 43.9 Å². The van der Waals surface area contributed by atoms with E-state index in [-0.39, 0.29) is 17.7 Å². The molecule has 1 aliphatic carbocycles. The van der Waals surface area contributed by atoms with Crippen molar-refractivity contribution in [3.63, 3.8) is 0 Å². The fourth-order valence-corrected chi connectivity index (χ4v) is 13.1. The third-order valence-electron chi connectivity index (χ3n) is 12.0. The van der Waals surface area contributed by atoms with Gasteiger partial charge in [-0.05, 0) is 106 Å². The zero-order valence-corrected chi connectivity index (χ0v) is 32.2. The van der Waals surface area contributed by atoms with Crippen molar-refractivity contribution in [2.45, 2.75) is 60.7 Å². The maximum Gasteiger partial charge on any atom is 0.287 e. The Hall–Kier alpha value is -3.89. The second-order valence-corrected chi connectivity index (χ2v) is 17.6.